The maximum absolute atomic E-state index is 14.8. The maximum Gasteiger partial charge on any atom is 0.410 e. The predicted molar refractivity (Wildman–Crippen MR) is 120 cm³/mol. The largest absolute Gasteiger partial charge is 0.462 e. The van der Waals surface area contributed by atoms with Crippen LogP contribution in [0.3, 0.4) is 0 Å². The highest BCUT2D eigenvalue weighted by molar-refractivity contribution is 5.89. The van der Waals surface area contributed by atoms with Crippen molar-refractivity contribution in [3.8, 4) is 0 Å². The first kappa shape index (κ1) is 23.2. The van der Waals surface area contributed by atoms with Gasteiger partial charge in [-0.05, 0) is 61.8 Å². The second kappa shape index (κ2) is 10.8. The van der Waals surface area contributed by atoms with Gasteiger partial charge in [-0.1, -0.05) is 36.4 Å². The lowest BCUT2D eigenvalue weighted by Crippen LogP contribution is -2.43. The average Bonchev–Trinajstić information content (AvgIpc) is 3.66. The van der Waals surface area contributed by atoms with E-state index in [2.05, 4.69) is 0 Å². The summed E-state index contributed by atoms with van der Waals surface area (Å²) in [7, 11) is 0. The molecule has 0 aromatic heterocycles. The first-order valence-electron chi connectivity index (χ1n) is 11.6. The van der Waals surface area contributed by atoms with Gasteiger partial charge in [-0.25, -0.2) is 14.0 Å². The van der Waals surface area contributed by atoms with E-state index in [9.17, 15) is 14.0 Å². The molecule has 2 fully saturated rings. The van der Waals surface area contributed by atoms with Gasteiger partial charge in [0.2, 0.25) is 0 Å². The molecule has 1 aliphatic heterocycles. The molecule has 1 unspecified atom stereocenters. The molecule has 2 aromatic carbocycles. The number of piperidine rings is 1. The van der Waals surface area contributed by atoms with Gasteiger partial charge in [-0.3, -0.25) is 0 Å². The van der Waals surface area contributed by atoms with Crippen LogP contribution in [0.2, 0.25) is 0 Å². The summed E-state index contributed by atoms with van der Waals surface area (Å²) in [5, 5.41) is 0. The molecule has 33 heavy (non-hydrogen) atoms. The molecule has 0 N–H and O–H groups in total. The van der Waals surface area contributed by atoms with Crippen LogP contribution in [0.1, 0.15) is 60.1 Å². The van der Waals surface area contributed by atoms with Crippen LogP contribution in [0.5, 0.6) is 0 Å². The van der Waals surface area contributed by atoms with Crippen LogP contribution in [0, 0.1) is 11.7 Å². The minimum absolute atomic E-state index is 0.0124. The van der Waals surface area contributed by atoms with Crippen LogP contribution < -0.4 is 0 Å². The molecule has 1 aliphatic carbocycles. The third-order valence-electron chi connectivity index (χ3n) is 6.13. The van der Waals surface area contributed by atoms with Crippen molar-refractivity contribution in [1.82, 2.24) is 4.90 Å². The normalized spacial score (nSPS) is 20.4. The maximum atomic E-state index is 14.8. The standard InChI is InChI=1S/C26H30FNO5/c1-2-31-25(29)22-11-10-20(14-23(22)27)24-15-21(32-16-19-8-9-19)12-13-28(24)26(30)33-17-18-6-4-3-5-7-18/h3-7,10-11,14,19,21,24H,2,8-9,12-13,15-17H2,1H3/t21?,24-/m0/s1. The third-order valence-corrected chi connectivity index (χ3v) is 6.13. The van der Waals surface area contributed by atoms with Crippen LogP contribution in [-0.4, -0.2) is 42.8 Å². The predicted octanol–water partition coefficient (Wildman–Crippen LogP) is 5.27. The van der Waals surface area contributed by atoms with Crippen molar-refractivity contribution >= 4 is 12.1 Å². The first-order chi connectivity index (χ1) is 16.0. The molecule has 1 heterocycles. The zero-order valence-corrected chi connectivity index (χ0v) is 18.9. The van der Waals surface area contributed by atoms with Gasteiger partial charge in [0.25, 0.3) is 0 Å². The highest BCUT2D eigenvalue weighted by Gasteiger charge is 2.35. The molecule has 0 radical (unpaired) electrons. The van der Waals surface area contributed by atoms with E-state index in [4.69, 9.17) is 14.2 Å². The molecule has 6 nitrogen and oxygen atoms in total. The zero-order valence-electron chi connectivity index (χ0n) is 18.9. The fourth-order valence-electron chi connectivity index (χ4n) is 4.09. The van der Waals surface area contributed by atoms with Crippen LogP contribution in [0.15, 0.2) is 48.5 Å². The number of carbonyl (C=O) groups excluding carboxylic acids is 2. The van der Waals surface area contributed by atoms with Gasteiger partial charge in [0, 0.05) is 13.2 Å². The molecule has 0 spiro atoms. The number of likely N-dealkylation sites (tertiary alicyclic amines) is 1. The van der Waals surface area contributed by atoms with Gasteiger partial charge >= 0.3 is 12.1 Å². The van der Waals surface area contributed by atoms with Crippen molar-refractivity contribution in [3.63, 3.8) is 0 Å². The molecule has 176 valence electrons. The number of halogens is 1. The summed E-state index contributed by atoms with van der Waals surface area (Å²) in [5.74, 6) is -0.724. The Morgan fingerprint density at radius 3 is 2.55 bits per heavy atom. The Bertz CT molecular complexity index is 962. The smallest absolute Gasteiger partial charge is 0.410 e. The third kappa shape index (κ3) is 6.11. The average molecular weight is 456 g/mol. The lowest BCUT2D eigenvalue weighted by atomic mass is 9.92. The van der Waals surface area contributed by atoms with Crippen molar-refractivity contribution in [3.05, 3.63) is 71.0 Å². The number of ether oxygens (including phenoxy) is 3. The Morgan fingerprint density at radius 2 is 1.85 bits per heavy atom. The fourth-order valence-corrected chi connectivity index (χ4v) is 4.09. The number of hydrogen-bond donors (Lipinski definition) is 0. The van der Waals surface area contributed by atoms with E-state index in [0.717, 1.165) is 12.2 Å². The Balaban J connectivity index is 1.50. The van der Waals surface area contributed by atoms with Crippen LogP contribution in [0.4, 0.5) is 9.18 Å². The molecule has 2 aromatic rings. The second-order valence-corrected chi connectivity index (χ2v) is 8.63. The Kier molecular flexibility index (Phi) is 7.60. The van der Waals surface area contributed by atoms with Gasteiger partial charge in [0.15, 0.2) is 0 Å². The summed E-state index contributed by atoms with van der Waals surface area (Å²) in [4.78, 5) is 26.6. The van der Waals surface area contributed by atoms with Gasteiger partial charge in [0.05, 0.1) is 24.3 Å². The van der Waals surface area contributed by atoms with Crippen molar-refractivity contribution in [2.24, 2.45) is 5.92 Å². The zero-order chi connectivity index (χ0) is 23.2. The van der Waals surface area contributed by atoms with Crippen LogP contribution in [0.25, 0.3) is 0 Å². The number of rotatable bonds is 8. The van der Waals surface area contributed by atoms with Crippen molar-refractivity contribution in [1.29, 1.82) is 0 Å². The van der Waals surface area contributed by atoms with Gasteiger partial charge < -0.3 is 19.1 Å². The SMILES string of the molecule is CCOC(=O)c1ccc([C@@H]2CC(OCC3CC3)CCN2C(=O)OCc2ccccc2)cc1F. The number of amides is 1. The van der Waals surface area contributed by atoms with Gasteiger partial charge in [-0.2, -0.15) is 0 Å². The molecule has 2 aliphatic rings. The quantitative estimate of drug-likeness (QED) is 0.507. The molecule has 4 rings (SSSR count). The number of esters is 1. The van der Waals surface area contributed by atoms with E-state index in [0.29, 0.717) is 30.9 Å². The molecule has 7 heteroatoms. The number of nitrogens with zero attached hydrogens (tertiary/aromatic N) is 1. The molecule has 1 saturated heterocycles. The molecule has 2 atom stereocenters. The van der Waals surface area contributed by atoms with E-state index in [1.54, 1.807) is 17.9 Å². The number of hydrogen-bond acceptors (Lipinski definition) is 5. The second-order valence-electron chi connectivity index (χ2n) is 8.63. The highest BCUT2D eigenvalue weighted by Crippen LogP contribution is 2.36. The van der Waals surface area contributed by atoms with Crippen molar-refractivity contribution in [2.45, 2.75) is 51.4 Å². The number of benzene rings is 2. The lowest BCUT2D eigenvalue weighted by molar-refractivity contribution is -0.0208. The van der Waals surface area contributed by atoms with Crippen molar-refractivity contribution in [2.75, 3.05) is 19.8 Å². The lowest BCUT2D eigenvalue weighted by Gasteiger charge is -2.39. The van der Waals surface area contributed by atoms with E-state index in [-0.39, 0.29) is 24.9 Å². The molecule has 0 bridgehead atoms. The monoisotopic (exact) mass is 455 g/mol. The fraction of sp³-hybridized carbons (Fsp3) is 0.462. The molecule has 1 amide bonds. The highest BCUT2D eigenvalue weighted by atomic mass is 19.1. The minimum Gasteiger partial charge on any atom is -0.462 e. The van der Waals surface area contributed by atoms with Crippen LogP contribution >= 0.6 is 0 Å². The Morgan fingerprint density at radius 1 is 1.06 bits per heavy atom. The Hall–Kier alpha value is -2.93. The van der Waals surface area contributed by atoms with E-state index in [1.807, 2.05) is 30.3 Å². The van der Waals surface area contributed by atoms with E-state index in [1.165, 1.54) is 25.0 Å². The molecular weight excluding hydrogens is 425 g/mol. The first-order valence-corrected chi connectivity index (χ1v) is 11.6. The summed E-state index contributed by atoms with van der Waals surface area (Å²) in [6, 6.07) is 13.5. The summed E-state index contributed by atoms with van der Waals surface area (Å²) in [5.41, 5.74) is 1.39. The van der Waals surface area contributed by atoms with E-state index >= 15 is 0 Å². The molecular formula is C26H30FNO5. The van der Waals surface area contributed by atoms with Gasteiger partial charge in [0.1, 0.15) is 12.4 Å². The molecule has 1 saturated carbocycles. The summed E-state index contributed by atoms with van der Waals surface area (Å²) < 4.78 is 31.3. The van der Waals surface area contributed by atoms with Crippen molar-refractivity contribution < 1.29 is 28.2 Å². The minimum atomic E-state index is -0.699. The van der Waals surface area contributed by atoms with Gasteiger partial charge in [-0.15, -0.1) is 0 Å². The number of carbonyl (C=O) groups is 2. The van der Waals surface area contributed by atoms with E-state index < -0.39 is 23.9 Å². The summed E-state index contributed by atoms with van der Waals surface area (Å²) >= 11 is 0. The summed E-state index contributed by atoms with van der Waals surface area (Å²) in [6.07, 6.45) is 3.20. The Labute approximate surface area is 193 Å². The van der Waals surface area contributed by atoms with Crippen LogP contribution in [-0.2, 0) is 20.8 Å². The summed E-state index contributed by atoms with van der Waals surface area (Å²) in [6.45, 7) is 3.19. The topological polar surface area (TPSA) is 65.1 Å².